The van der Waals surface area contributed by atoms with Crippen molar-refractivity contribution in [2.45, 2.75) is 63.1 Å². The molecule has 0 heterocycles. The van der Waals surface area contributed by atoms with Gasteiger partial charge in [-0.15, -0.1) is 0 Å². The molecule has 8 nitrogen and oxygen atoms in total. The number of benzene rings is 3. The first-order valence-electron chi connectivity index (χ1n) is 13.7. The van der Waals surface area contributed by atoms with Crippen LogP contribution in [-0.4, -0.2) is 50.9 Å². The molecule has 1 aliphatic carbocycles. The summed E-state index contributed by atoms with van der Waals surface area (Å²) in [7, 11) is -2.70. The van der Waals surface area contributed by atoms with Gasteiger partial charge in [0.05, 0.1) is 17.7 Å². The number of anilines is 1. The fourth-order valence-electron chi connectivity index (χ4n) is 4.90. The maximum absolute atomic E-state index is 14.0. The minimum atomic E-state index is -4.20. The summed E-state index contributed by atoms with van der Waals surface area (Å²) in [6.07, 6.45) is 3.94. The van der Waals surface area contributed by atoms with Crippen molar-refractivity contribution in [1.82, 2.24) is 10.2 Å². The third-order valence-electron chi connectivity index (χ3n) is 7.36. The standard InChI is InChI=1S/C31H36ClN3O5S/c1-22-11-13-24(14-12-22)20-34(23(2)31(37)33-26-8-4-5-9-26)30(36)21-35(27-10-6-7-25(32)19-27)41(38,39)29-17-15-28(40-3)16-18-29/h6-7,10-19,23,26H,4-5,8-9,20-21H2,1-3H3,(H,33,37)/t23-/m0/s1. The molecular formula is C31H36ClN3O5S. The topological polar surface area (TPSA) is 96.0 Å². The number of hydrogen-bond acceptors (Lipinski definition) is 5. The number of halogens is 1. The van der Waals surface area contributed by atoms with E-state index >= 15 is 0 Å². The summed E-state index contributed by atoms with van der Waals surface area (Å²) in [5, 5.41) is 3.40. The summed E-state index contributed by atoms with van der Waals surface area (Å²) in [5.74, 6) is -0.276. The lowest BCUT2D eigenvalue weighted by atomic mass is 10.1. The van der Waals surface area contributed by atoms with Crippen molar-refractivity contribution in [3.05, 3.63) is 88.9 Å². The second kappa shape index (κ2) is 13.4. The van der Waals surface area contributed by atoms with E-state index in [9.17, 15) is 18.0 Å². The van der Waals surface area contributed by atoms with Crippen molar-refractivity contribution in [2.24, 2.45) is 0 Å². The van der Waals surface area contributed by atoms with E-state index < -0.39 is 28.5 Å². The molecule has 1 N–H and O–H groups in total. The summed E-state index contributed by atoms with van der Waals surface area (Å²) in [6, 6.07) is 19.2. The SMILES string of the molecule is COc1ccc(S(=O)(=O)N(CC(=O)N(Cc2ccc(C)cc2)[C@@H](C)C(=O)NC2CCCC2)c2cccc(Cl)c2)cc1. The van der Waals surface area contributed by atoms with Crippen molar-refractivity contribution in [1.29, 1.82) is 0 Å². The fourth-order valence-corrected chi connectivity index (χ4v) is 6.49. The molecule has 10 heteroatoms. The van der Waals surface area contributed by atoms with Gasteiger partial charge in [-0.25, -0.2) is 8.42 Å². The summed E-state index contributed by atoms with van der Waals surface area (Å²) in [6.45, 7) is 3.27. The van der Waals surface area contributed by atoms with E-state index in [1.54, 1.807) is 37.3 Å². The molecule has 0 aromatic heterocycles. The van der Waals surface area contributed by atoms with E-state index in [-0.39, 0.29) is 29.1 Å². The Kier molecular flexibility index (Phi) is 9.94. The van der Waals surface area contributed by atoms with Crippen LogP contribution in [0.25, 0.3) is 0 Å². The molecule has 41 heavy (non-hydrogen) atoms. The second-order valence-electron chi connectivity index (χ2n) is 10.3. The van der Waals surface area contributed by atoms with Gasteiger partial charge in [0, 0.05) is 17.6 Å². The van der Waals surface area contributed by atoms with Crippen LogP contribution in [-0.2, 0) is 26.2 Å². The van der Waals surface area contributed by atoms with Gasteiger partial charge in [0.15, 0.2) is 0 Å². The van der Waals surface area contributed by atoms with Crippen LogP contribution in [0.2, 0.25) is 5.02 Å². The largest absolute Gasteiger partial charge is 0.497 e. The summed E-state index contributed by atoms with van der Waals surface area (Å²) in [5.41, 5.74) is 2.13. The van der Waals surface area contributed by atoms with Crippen LogP contribution in [0.15, 0.2) is 77.7 Å². The molecule has 1 fully saturated rings. The third kappa shape index (κ3) is 7.59. The average molecular weight is 598 g/mol. The smallest absolute Gasteiger partial charge is 0.264 e. The van der Waals surface area contributed by atoms with Crippen LogP contribution >= 0.6 is 11.6 Å². The van der Waals surface area contributed by atoms with Gasteiger partial charge in [-0.3, -0.25) is 13.9 Å². The first-order valence-corrected chi connectivity index (χ1v) is 15.5. The number of amides is 2. The van der Waals surface area contributed by atoms with Crippen molar-refractivity contribution < 1.29 is 22.7 Å². The zero-order valence-electron chi connectivity index (χ0n) is 23.5. The predicted molar refractivity (Wildman–Crippen MR) is 161 cm³/mol. The van der Waals surface area contributed by atoms with Crippen molar-refractivity contribution in [2.75, 3.05) is 18.0 Å². The van der Waals surface area contributed by atoms with E-state index in [0.29, 0.717) is 10.8 Å². The lowest BCUT2D eigenvalue weighted by Gasteiger charge is -2.32. The Morgan fingerprint density at radius 2 is 1.68 bits per heavy atom. The molecule has 0 radical (unpaired) electrons. The molecule has 0 bridgehead atoms. The molecule has 0 spiro atoms. The van der Waals surface area contributed by atoms with E-state index in [2.05, 4.69) is 5.32 Å². The highest BCUT2D eigenvalue weighted by atomic mass is 35.5. The van der Waals surface area contributed by atoms with Gasteiger partial charge in [-0.2, -0.15) is 0 Å². The number of aryl methyl sites for hydroxylation is 1. The molecule has 3 aromatic carbocycles. The Bertz CT molecular complexity index is 1460. The minimum absolute atomic E-state index is 0.0109. The van der Waals surface area contributed by atoms with Crippen LogP contribution in [0.5, 0.6) is 5.75 Å². The number of carbonyl (C=O) groups excluding carboxylic acids is 2. The van der Waals surface area contributed by atoms with Crippen LogP contribution in [0.4, 0.5) is 5.69 Å². The highest BCUT2D eigenvalue weighted by Crippen LogP contribution is 2.28. The maximum atomic E-state index is 14.0. The normalized spacial score (nSPS) is 14.3. The van der Waals surface area contributed by atoms with Crippen molar-refractivity contribution >= 4 is 39.1 Å². The third-order valence-corrected chi connectivity index (χ3v) is 9.39. The van der Waals surface area contributed by atoms with E-state index in [0.717, 1.165) is 41.1 Å². The Balaban J connectivity index is 1.68. The molecule has 0 saturated heterocycles. The monoisotopic (exact) mass is 597 g/mol. The van der Waals surface area contributed by atoms with Crippen LogP contribution in [0.1, 0.15) is 43.7 Å². The summed E-state index contributed by atoms with van der Waals surface area (Å²) >= 11 is 6.23. The Morgan fingerprint density at radius 1 is 1.02 bits per heavy atom. The van der Waals surface area contributed by atoms with Gasteiger partial charge < -0.3 is 15.0 Å². The number of rotatable bonds is 11. The number of hydrogen-bond donors (Lipinski definition) is 1. The quantitative estimate of drug-likeness (QED) is 0.322. The lowest BCUT2D eigenvalue weighted by Crippen LogP contribution is -2.52. The van der Waals surface area contributed by atoms with Crippen LogP contribution in [0, 0.1) is 6.92 Å². The highest BCUT2D eigenvalue weighted by Gasteiger charge is 2.33. The van der Waals surface area contributed by atoms with Gasteiger partial charge in [0.25, 0.3) is 10.0 Å². The molecule has 2 amide bonds. The van der Waals surface area contributed by atoms with Gasteiger partial charge in [0.1, 0.15) is 18.3 Å². The Labute approximate surface area is 247 Å². The number of carbonyl (C=O) groups is 2. The average Bonchev–Trinajstić information content (AvgIpc) is 3.48. The van der Waals surface area contributed by atoms with Crippen LogP contribution in [0.3, 0.4) is 0 Å². The number of ether oxygens (including phenoxy) is 1. The number of nitrogens with zero attached hydrogens (tertiary/aromatic N) is 2. The molecule has 3 aromatic rings. The van der Waals surface area contributed by atoms with Crippen molar-refractivity contribution in [3.63, 3.8) is 0 Å². The first kappa shape index (κ1) is 30.4. The van der Waals surface area contributed by atoms with E-state index in [1.807, 2.05) is 31.2 Å². The van der Waals surface area contributed by atoms with Gasteiger partial charge in [-0.1, -0.05) is 60.3 Å². The lowest BCUT2D eigenvalue weighted by molar-refractivity contribution is -0.139. The molecular weight excluding hydrogens is 562 g/mol. The van der Waals surface area contributed by atoms with Crippen molar-refractivity contribution in [3.8, 4) is 5.75 Å². The molecule has 0 unspecified atom stereocenters. The van der Waals surface area contributed by atoms with Crippen LogP contribution < -0.4 is 14.4 Å². The summed E-state index contributed by atoms with van der Waals surface area (Å²) < 4.78 is 34.1. The number of methoxy groups -OCH3 is 1. The zero-order valence-corrected chi connectivity index (χ0v) is 25.1. The molecule has 0 aliphatic heterocycles. The highest BCUT2D eigenvalue weighted by molar-refractivity contribution is 7.92. The van der Waals surface area contributed by atoms with Gasteiger partial charge in [0.2, 0.25) is 11.8 Å². The predicted octanol–water partition coefficient (Wildman–Crippen LogP) is 5.33. The maximum Gasteiger partial charge on any atom is 0.264 e. The number of sulfonamides is 1. The van der Waals surface area contributed by atoms with Gasteiger partial charge in [-0.05, 0) is 74.7 Å². The number of nitrogens with one attached hydrogen (secondary N) is 1. The van der Waals surface area contributed by atoms with E-state index in [4.69, 9.17) is 16.3 Å². The fraction of sp³-hybridized carbons (Fsp3) is 0.355. The second-order valence-corrected chi connectivity index (χ2v) is 12.6. The molecule has 218 valence electrons. The first-order chi connectivity index (χ1) is 19.6. The summed E-state index contributed by atoms with van der Waals surface area (Å²) in [4.78, 5) is 28.8. The van der Waals surface area contributed by atoms with E-state index in [1.165, 1.54) is 30.2 Å². The molecule has 1 aliphatic rings. The minimum Gasteiger partial charge on any atom is -0.497 e. The Morgan fingerprint density at radius 3 is 2.29 bits per heavy atom. The molecule has 1 atom stereocenters. The molecule has 4 rings (SSSR count). The van der Waals surface area contributed by atoms with Gasteiger partial charge >= 0.3 is 0 Å². The Hall–Kier alpha value is -3.56. The molecule has 1 saturated carbocycles. The zero-order chi connectivity index (χ0) is 29.6.